The molecule has 1 amide bonds. The molecule has 0 aliphatic carbocycles. The van der Waals surface area contributed by atoms with Crippen LogP contribution in [0.25, 0.3) is 10.9 Å². The Kier molecular flexibility index (Phi) is 5.94. The number of carbonyl (C=O) groups is 1. The predicted octanol–water partition coefficient (Wildman–Crippen LogP) is 1.68. The van der Waals surface area contributed by atoms with Crippen molar-refractivity contribution < 1.29 is 13.2 Å². The van der Waals surface area contributed by atoms with Gasteiger partial charge in [-0.1, -0.05) is 12.8 Å². The molecule has 0 spiro atoms. The number of nitrogens with zero attached hydrogens (tertiary/aromatic N) is 2. The molecule has 0 saturated heterocycles. The van der Waals surface area contributed by atoms with E-state index < -0.39 is 9.84 Å². The molecule has 0 atom stereocenters. The van der Waals surface area contributed by atoms with Crippen LogP contribution in [-0.2, 0) is 22.8 Å². The highest BCUT2D eigenvalue weighted by atomic mass is 32.2. The zero-order valence-corrected chi connectivity index (χ0v) is 16.3. The SMILES string of the molecule is CS(=O)(=O)CCCNC(=O)c1ccc2c(=O)n3c(nc2c1)CCCCCC3. The molecule has 27 heavy (non-hydrogen) atoms. The molecule has 1 N–H and O–H groups in total. The molecule has 0 unspecified atom stereocenters. The first kappa shape index (κ1) is 19.5. The van der Waals surface area contributed by atoms with Crippen molar-refractivity contribution in [3.05, 3.63) is 39.9 Å². The second-order valence-corrected chi connectivity index (χ2v) is 9.38. The average molecular weight is 391 g/mol. The maximum absolute atomic E-state index is 12.8. The smallest absolute Gasteiger partial charge is 0.261 e. The second kappa shape index (κ2) is 8.21. The molecule has 1 aliphatic heterocycles. The van der Waals surface area contributed by atoms with Crippen LogP contribution < -0.4 is 10.9 Å². The van der Waals surface area contributed by atoms with Crippen LogP contribution in [0.3, 0.4) is 0 Å². The molecule has 0 bridgehead atoms. The number of aryl methyl sites for hydroxylation is 1. The fraction of sp³-hybridized carbons (Fsp3) is 0.526. The number of fused-ring (bicyclic) bond motifs is 2. The summed E-state index contributed by atoms with van der Waals surface area (Å²) in [5.41, 5.74) is 0.914. The van der Waals surface area contributed by atoms with Crippen LogP contribution >= 0.6 is 0 Å². The zero-order valence-electron chi connectivity index (χ0n) is 15.5. The van der Waals surface area contributed by atoms with Crippen molar-refractivity contribution in [2.24, 2.45) is 0 Å². The Bertz CT molecular complexity index is 1010. The van der Waals surface area contributed by atoms with Crippen LogP contribution in [0.5, 0.6) is 0 Å². The molecule has 1 aliphatic rings. The fourth-order valence-electron chi connectivity index (χ4n) is 3.37. The van der Waals surface area contributed by atoms with Gasteiger partial charge in [0.05, 0.1) is 16.7 Å². The topological polar surface area (TPSA) is 98.1 Å². The summed E-state index contributed by atoms with van der Waals surface area (Å²) in [6, 6.07) is 4.91. The first-order valence-electron chi connectivity index (χ1n) is 9.34. The monoisotopic (exact) mass is 391 g/mol. The van der Waals surface area contributed by atoms with Crippen molar-refractivity contribution in [2.45, 2.75) is 45.1 Å². The van der Waals surface area contributed by atoms with E-state index in [0.29, 0.717) is 29.4 Å². The molecule has 1 aromatic carbocycles. The van der Waals surface area contributed by atoms with E-state index >= 15 is 0 Å². The Morgan fingerprint density at radius 1 is 1.22 bits per heavy atom. The lowest BCUT2D eigenvalue weighted by Crippen LogP contribution is -2.28. The van der Waals surface area contributed by atoms with Gasteiger partial charge < -0.3 is 5.32 Å². The predicted molar refractivity (Wildman–Crippen MR) is 105 cm³/mol. The Labute approximate surface area is 158 Å². The van der Waals surface area contributed by atoms with Gasteiger partial charge in [-0.3, -0.25) is 14.2 Å². The number of benzene rings is 1. The molecule has 0 fully saturated rings. The highest BCUT2D eigenvalue weighted by Gasteiger charge is 2.15. The number of amides is 1. The van der Waals surface area contributed by atoms with Crippen LogP contribution in [0.2, 0.25) is 0 Å². The van der Waals surface area contributed by atoms with Gasteiger partial charge >= 0.3 is 0 Å². The second-order valence-electron chi connectivity index (χ2n) is 7.12. The van der Waals surface area contributed by atoms with Gasteiger partial charge in [-0.2, -0.15) is 0 Å². The normalized spacial score (nSPS) is 15.0. The summed E-state index contributed by atoms with van der Waals surface area (Å²) in [6.07, 6.45) is 6.57. The van der Waals surface area contributed by atoms with Crippen molar-refractivity contribution >= 4 is 26.6 Å². The maximum atomic E-state index is 12.8. The number of carbonyl (C=O) groups excluding carboxylic acids is 1. The quantitative estimate of drug-likeness (QED) is 0.782. The number of rotatable bonds is 5. The van der Waals surface area contributed by atoms with Gasteiger partial charge in [0.2, 0.25) is 0 Å². The van der Waals surface area contributed by atoms with Crippen LogP contribution in [0.4, 0.5) is 0 Å². The van der Waals surface area contributed by atoms with E-state index in [2.05, 4.69) is 10.3 Å². The Hall–Kier alpha value is -2.22. The minimum Gasteiger partial charge on any atom is -0.352 e. The molecular weight excluding hydrogens is 366 g/mol. The van der Waals surface area contributed by atoms with Gasteiger partial charge in [0.25, 0.3) is 11.5 Å². The van der Waals surface area contributed by atoms with Crippen molar-refractivity contribution in [1.82, 2.24) is 14.9 Å². The lowest BCUT2D eigenvalue weighted by Gasteiger charge is -2.16. The number of hydrogen-bond donors (Lipinski definition) is 1. The number of aromatic nitrogens is 2. The Morgan fingerprint density at radius 2 is 2.00 bits per heavy atom. The van der Waals surface area contributed by atoms with Gasteiger partial charge in [0, 0.05) is 31.3 Å². The molecule has 2 heterocycles. The standard InChI is InChI=1S/C19H25N3O4S/c1-27(25,26)12-6-10-20-18(23)14-8-9-15-16(13-14)21-17-7-4-2-3-5-11-22(17)19(15)24/h8-9,13H,2-7,10-12H2,1H3,(H,20,23). The number of nitrogens with one attached hydrogen (secondary N) is 1. The van der Waals surface area contributed by atoms with Gasteiger partial charge in [-0.05, 0) is 37.5 Å². The van der Waals surface area contributed by atoms with E-state index in [9.17, 15) is 18.0 Å². The lowest BCUT2D eigenvalue weighted by molar-refractivity contribution is 0.0954. The highest BCUT2D eigenvalue weighted by Crippen LogP contribution is 2.16. The average Bonchev–Trinajstić information content (AvgIpc) is 2.59. The van der Waals surface area contributed by atoms with Gasteiger partial charge in [-0.15, -0.1) is 0 Å². The van der Waals surface area contributed by atoms with Gasteiger partial charge in [0.1, 0.15) is 15.7 Å². The molecule has 2 aromatic rings. The van der Waals surface area contributed by atoms with E-state index in [1.54, 1.807) is 22.8 Å². The minimum atomic E-state index is -3.03. The maximum Gasteiger partial charge on any atom is 0.261 e. The van der Waals surface area contributed by atoms with E-state index in [0.717, 1.165) is 37.9 Å². The molecule has 8 heteroatoms. The van der Waals surface area contributed by atoms with Crippen LogP contribution in [0.1, 0.15) is 48.3 Å². The number of hydrogen-bond acceptors (Lipinski definition) is 5. The summed E-state index contributed by atoms with van der Waals surface area (Å²) < 4.78 is 24.0. The summed E-state index contributed by atoms with van der Waals surface area (Å²) in [5, 5.41) is 3.24. The summed E-state index contributed by atoms with van der Waals surface area (Å²) in [6.45, 7) is 0.976. The van der Waals surface area contributed by atoms with Crippen LogP contribution in [0.15, 0.2) is 23.0 Å². The van der Waals surface area contributed by atoms with Gasteiger partial charge in [-0.25, -0.2) is 13.4 Å². The van der Waals surface area contributed by atoms with Crippen molar-refractivity contribution in [2.75, 3.05) is 18.6 Å². The minimum absolute atomic E-state index is 0.0372. The first-order chi connectivity index (χ1) is 12.8. The van der Waals surface area contributed by atoms with E-state index in [1.807, 2.05) is 0 Å². The third kappa shape index (κ3) is 4.94. The van der Waals surface area contributed by atoms with E-state index in [-0.39, 0.29) is 23.8 Å². The summed E-state index contributed by atoms with van der Waals surface area (Å²) in [5.74, 6) is 0.534. The molecule has 1 aromatic heterocycles. The van der Waals surface area contributed by atoms with E-state index in [1.165, 1.54) is 6.26 Å². The zero-order chi connectivity index (χ0) is 19.4. The Balaban J connectivity index is 1.81. The lowest BCUT2D eigenvalue weighted by atomic mass is 10.1. The van der Waals surface area contributed by atoms with Crippen molar-refractivity contribution in [3.63, 3.8) is 0 Å². The molecule has 0 radical (unpaired) electrons. The molecule has 0 saturated carbocycles. The third-order valence-electron chi connectivity index (χ3n) is 4.81. The van der Waals surface area contributed by atoms with Crippen LogP contribution in [-0.4, -0.2) is 42.4 Å². The van der Waals surface area contributed by atoms with Crippen LogP contribution in [0, 0.1) is 0 Å². The number of sulfone groups is 1. The summed E-state index contributed by atoms with van der Waals surface area (Å²) >= 11 is 0. The van der Waals surface area contributed by atoms with Crippen molar-refractivity contribution in [3.8, 4) is 0 Å². The summed E-state index contributed by atoms with van der Waals surface area (Å²) in [4.78, 5) is 29.8. The molecule has 7 nitrogen and oxygen atoms in total. The first-order valence-corrected chi connectivity index (χ1v) is 11.4. The van der Waals surface area contributed by atoms with Gasteiger partial charge in [0.15, 0.2) is 0 Å². The highest BCUT2D eigenvalue weighted by molar-refractivity contribution is 7.90. The van der Waals surface area contributed by atoms with Crippen molar-refractivity contribution in [1.29, 1.82) is 0 Å². The molecule has 3 rings (SSSR count). The van der Waals surface area contributed by atoms with E-state index in [4.69, 9.17) is 0 Å². The molecular formula is C19H25N3O4S. The molecule has 146 valence electrons. The largest absolute Gasteiger partial charge is 0.352 e. The summed E-state index contributed by atoms with van der Waals surface area (Å²) in [7, 11) is -3.03. The Morgan fingerprint density at radius 3 is 2.78 bits per heavy atom. The third-order valence-corrected chi connectivity index (χ3v) is 5.84. The fourth-order valence-corrected chi connectivity index (χ4v) is 4.04.